The van der Waals surface area contributed by atoms with E-state index in [9.17, 15) is 0 Å². The first-order valence-electron chi connectivity index (χ1n) is 3.79. The van der Waals surface area contributed by atoms with E-state index >= 15 is 0 Å². The van der Waals surface area contributed by atoms with Crippen molar-refractivity contribution in [2.24, 2.45) is 0 Å². The third-order valence-electron chi connectivity index (χ3n) is 1.88. The Morgan fingerprint density at radius 2 is 1.67 bits per heavy atom. The summed E-state index contributed by atoms with van der Waals surface area (Å²) in [5.74, 6) is 0. The van der Waals surface area contributed by atoms with Gasteiger partial charge in [-0.2, -0.15) is 0 Å². The molecule has 1 nitrogen and oxygen atoms in total. The van der Waals surface area contributed by atoms with Gasteiger partial charge in [0.25, 0.3) is 0 Å². The van der Waals surface area contributed by atoms with Crippen LogP contribution in [0.5, 0.6) is 0 Å². The van der Waals surface area contributed by atoms with Crippen LogP contribution in [0.15, 0.2) is 42.5 Å². The topological polar surface area (TPSA) is 20.2 Å². The van der Waals surface area contributed by atoms with Crippen LogP contribution in [0, 0.1) is 0 Å². The second-order valence-corrected chi connectivity index (χ2v) is 3.47. The number of hydrogen-bond acceptors (Lipinski definition) is 1. The monoisotopic (exact) mass is 176 g/mol. The fourth-order valence-corrected chi connectivity index (χ4v) is 1.64. The molecule has 2 rings (SSSR count). The molecular formula is C10H9OP. The van der Waals surface area contributed by atoms with Crippen LogP contribution in [0.4, 0.5) is 0 Å². The van der Waals surface area contributed by atoms with Gasteiger partial charge in [0.05, 0.1) is 0 Å². The second kappa shape index (κ2) is 3.22. The highest BCUT2D eigenvalue weighted by molar-refractivity contribution is 7.40. The molecule has 0 heterocycles. The zero-order chi connectivity index (χ0) is 8.39. The summed E-state index contributed by atoms with van der Waals surface area (Å²) in [7, 11) is -0.107. The highest BCUT2D eigenvalue weighted by Crippen LogP contribution is 2.14. The Morgan fingerprint density at radius 3 is 2.42 bits per heavy atom. The fraction of sp³-hybridized carbons (Fsp3) is 0. The summed E-state index contributed by atoms with van der Waals surface area (Å²) in [5.41, 5.74) is 0. The molecule has 1 N–H and O–H groups in total. The van der Waals surface area contributed by atoms with Gasteiger partial charge in [-0.15, -0.1) is 0 Å². The molecule has 0 spiro atoms. The van der Waals surface area contributed by atoms with Crippen molar-refractivity contribution in [3.8, 4) is 0 Å². The molecule has 0 saturated heterocycles. The average Bonchev–Trinajstić information content (AvgIpc) is 2.17. The summed E-state index contributed by atoms with van der Waals surface area (Å²) >= 11 is 0. The highest BCUT2D eigenvalue weighted by Gasteiger charge is 1.93. The second-order valence-electron chi connectivity index (χ2n) is 2.67. The Labute approximate surface area is 72.9 Å². The molecule has 0 saturated carbocycles. The number of benzene rings is 2. The van der Waals surface area contributed by atoms with E-state index in [2.05, 4.69) is 12.1 Å². The van der Waals surface area contributed by atoms with Crippen molar-refractivity contribution in [3.63, 3.8) is 0 Å². The maximum absolute atomic E-state index is 8.92. The standard InChI is InChI=1S/C10H9OP/c11-12-10-6-5-8-3-1-2-4-9(8)7-10/h1-7,11-12H. The van der Waals surface area contributed by atoms with Crippen molar-refractivity contribution in [1.82, 2.24) is 0 Å². The quantitative estimate of drug-likeness (QED) is 0.659. The van der Waals surface area contributed by atoms with E-state index in [0.717, 1.165) is 5.30 Å². The van der Waals surface area contributed by atoms with E-state index in [-0.39, 0.29) is 8.81 Å². The molecular weight excluding hydrogens is 167 g/mol. The number of rotatable bonds is 1. The molecule has 0 bridgehead atoms. The van der Waals surface area contributed by atoms with Crippen LogP contribution in [0.1, 0.15) is 0 Å². The Bertz CT molecular complexity index is 398. The molecule has 0 fully saturated rings. The largest absolute Gasteiger partial charge is 0.372 e. The van der Waals surface area contributed by atoms with Gasteiger partial charge >= 0.3 is 0 Å². The van der Waals surface area contributed by atoms with E-state index in [0.29, 0.717) is 0 Å². The van der Waals surface area contributed by atoms with Crippen molar-refractivity contribution in [2.45, 2.75) is 0 Å². The van der Waals surface area contributed by atoms with Gasteiger partial charge in [-0.1, -0.05) is 36.4 Å². The highest BCUT2D eigenvalue weighted by atomic mass is 31.1. The third-order valence-corrected chi connectivity index (χ3v) is 2.45. The van der Waals surface area contributed by atoms with Gasteiger partial charge in [0, 0.05) is 8.81 Å². The van der Waals surface area contributed by atoms with Crippen LogP contribution in [0.3, 0.4) is 0 Å². The molecule has 2 aromatic carbocycles. The molecule has 0 radical (unpaired) electrons. The third kappa shape index (κ3) is 1.34. The number of fused-ring (bicyclic) bond motifs is 1. The SMILES string of the molecule is OPc1ccc2ccccc2c1. The fourth-order valence-electron chi connectivity index (χ4n) is 1.26. The maximum Gasteiger partial charge on any atom is 0.0420 e. The molecule has 2 heteroatoms. The van der Waals surface area contributed by atoms with Crippen molar-refractivity contribution in [1.29, 1.82) is 0 Å². The van der Waals surface area contributed by atoms with Gasteiger partial charge in [-0.25, -0.2) is 0 Å². The molecule has 60 valence electrons. The van der Waals surface area contributed by atoms with Gasteiger partial charge in [-0.05, 0) is 22.1 Å². The summed E-state index contributed by atoms with van der Waals surface area (Å²) in [4.78, 5) is 8.92. The Balaban J connectivity index is 2.67. The van der Waals surface area contributed by atoms with Gasteiger partial charge in [0.2, 0.25) is 0 Å². The van der Waals surface area contributed by atoms with E-state index in [1.807, 2.05) is 30.3 Å². The van der Waals surface area contributed by atoms with E-state index in [4.69, 9.17) is 4.89 Å². The molecule has 1 unspecified atom stereocenters. The summed E-state index contributed by atoms with van der Waals surface area (Å²) in [6.45, 7) is 0. The van der Waals surface area contributed by atoms with Crippen molar-refractivity contribution in [2.75, 3.05) is 0 Å². The molecule has 0 aromatic heterocycles. The number of hydrogen-bond donors (Lipinski definition) is 1. The van der Waals surface area contributed by atoms with Crippen LogP contribution in [0.2, 0.25) is 0 Å². The van der Waals surface area contributed by atoms with E-state index < -0.39 is 0 Å². The minimum Gasteiger partial charge on any atom is -0.372 e. The normalized spacial score (nSPS) is 11.4. The van der Waals surface area contributed by atoms with Gasteiger partial charge in [-0.3, -0.25) is 0 Å². The first kappa shape index (κ1) is 7.72. The van der Waals surface area contributed by atoms with Crippen LogP contribution >= 0.6 is 8.81 Å². The molecule has 1 atom stereocenters. The minimum atomic E-state index is -0.107. The lowest BCUT2D eigenvalue weighted by molar-refractivity contribution is 0.655. The van der Waals surface area contributed by atoms with Gasteiger partial charge in [0.1, 0.15) is 0 Å². The molecule has 0 aliphatic rings. The Morgan fingerprint density at radius 1 is 0.917 bits per heavy atom. The van der Waals surface area contributed by atoms with Crippen LogP contribution in [0.25, 0.3) is 10.8 Å². The zero-order valence-electron chi connectivity index (χ0n) is 6.49. The van der Waals surface area contributed by atoms with Crippen molar-refractivity contribution in [3.05, 3.63) is 42.5 Å². The zero-order valence-corrected chi connectivity index (χ0v) is 7.49. The van der Waals surface area contributed by atoms with Crippen LogP contribution in [-0.4, -0.2) is 4.89 Å². The smallest absolute Gasteiger partial charge is 0.0420 e. The predicted molar refractivity (Wildman–Crippen MR) is 54.1 cm³/mol. The average molecular weight is 176 g/mol. The van der Waals surface area contributed by atoms with Crippen molar-refractivity contribution >= 4 is 24.9 Å². The minimum absolute atomic E-state index is 0.107. The Kier molecular flexibility index (Phi) is 2.07. The first-order valence-corrected chi connectivity index (χ1v) is 4.74. The van der Waals surface area contributed by atoms with E-state index in [1.165, 1.54) is 10.8 Å². The van der Waals surface area contributed by atoms with Gasteiger partial charge < -0.3 is 4.89 Å². The molecule has 0 aliphatic heterocycles. The van der Waals surface area contributed by atoms with Gasteiger partial charge in [0.15, 0.2) is 0 Å². The van der Waals surface area contributed by atoms with Crippen molar-refractivity contribution < 1.29 is 4.89 Å². The lowest BCUT2D eigenvalue weighted by Gasteiger charge is -1.98. The molecule has 2 aromatic rings. The first-order chi connectivity index (χ1) is 5.90. The lowest BCUT2D eigenvalue weighted by Crippen LogP contribution is -1.91. The molecule has 0 amide bonds. The van der Waals surface area contributed by atoms with E-state index in [1.54, 1.807) is 0 Å². The lowest BCUT2D eigenvalue weighted by atomic mass is 10.1. The summed E-state index contributed by atoms with van der Waals surface area (Å²) in [5, 5.41) is 3.41. The van der Waals surface area contributed by atoms with Crippen LogP contribution < -0.4 is 5.30 Å². The molecule has 0 aliphatic carbocycles. The maximum atomic E-state index is 8.92. The Hall–Kier alpha value is -0.910. The van der Waals surface area contributed by atoms with Crippen LogP contribution in [-0.2, 0) is 0 Å². The summed E-state index contributed by atoms with van der Waals surface area (Å²) in [6.07, 6.45) is 0. The predicted octanol–water partition coefficient (Wildman–Crippen LogP) is 2.05. The molecule has 12 heavy (non-hydrogen) atoms. The summed E-state index contributed by atoms with van der Waals surface area (Å²) < 4.78 is 0. The summed E-state index contributed by atoms with van der Waals surface area (Å²) in [6, 6.07) is 14.2.